The smallest absolute Gasteiger partial charge is 0.119 e. The lowest BCUT2D eigenvalue weighted by Crippen LogP contribution is -2.35. The van der Waals surface area contributed by atoms with Crippen molar-refractivity contribution >= 4 is 0 Å². The number of rotatable bonds is 3. The fraction of sp³-hybridized carbons (Fsp3) is 0.647. The molecular weight excluding hydrogens is 234 g/mol. The van der Waals surface area contributed by atoms with Crippen LogP contribution in [-0.2, 0) is 6.42 Å². The predicted octanol–water partition coefficient (Wildman–Crippen LogP) is 3.94. The zero-order chi connectivity index (χ0) is 13.2. The molecule has 104 valence electrons. The van der Waals surface area contributed by atoms with E-state index in [1.54, 1.807) is 0 Å². The average Bonchev–Trinajstić information content (AvgIpc) is 2.84. The van der Waals surface area contributed by atoms with Gasteiger partial charge in [-0.2, -0.15) is 0 Å². The topological polar surface area (TPSA) is 32.3 Å². The Balaban J connectivity index is 1.63. The van der Waals surface area contributed by atoms with Crippen LogP contribution in [0.3, 0.4) is 0 Å². The molecular formula is C17H25NO. The molecule has 19 heavy (non-hydrogen) atoms. The third kappa shape index (κ3) is 2.64. The first kappa shape index (κ1) is 13.0. The first-order valence-corrected chi connectivity index (χ1v) is 7.84. The van der Waals surface area contributed by atoms with Crippen LogP contribution < -0.4 is 5.32 Å². The van der Waals surface area contributed by atoms with E-state index in [0.29, 0.717) is 17.8 Å². The molecule has 0 bridgehead atoms. The van der Waals surface area contributed by atoms with E-state index in [1.807, 2.05) is 12.1 Å². The number of hydrogen-bond acceptors (Lipinski definition) is 2. The number of fused-ring (bicyclic) bond motifs is 1. The molecule has 1 fully saturated rings. The van der Waals surface area contributed by atoms with Crippen molar-refractivity contribution < 1.29 is 5.11 Å². The molecule has 2 N–H and O–H groups in total. The van der Waals surface area contributed by atoms with E-state index in [2.05, 4.69) is 18.3 Å². The Labute approximate surface area is 116 Å². The Kier molecular flexibility index (Phi) is 3.79. The van der Waals surface area contributed by atoms with Crippen molar-refractivity contribution in [1.82, 2.24) is 5.32 Å². The molecule has 0 radical (unpaired) electrons. The summed E-state index contributed by atoms with van der Waals surface area (Å²) in [5.41, 5.74) is 2.50. The van der Waals surface area contributed by atoms with E-state index in [4.69, 9.17) is 0 Å². The predicted molar refractivity (Wildman–Crippen MR) is 78.3 cm³/mol. The Hall–Kier alpha value is -1.02. The summed E-state index contributed by atoms with van der Waals surface area (Å²) in [5, 5.41) is 13.7. The summed E-state index contributed by atoms with van der Waals surface area (Å²) in [7, 11) is 0. The zero-order valence-electron chi connectivity index (χ0n) is 11.9. The molecule has 0 spiro atoms. The maximum Gasteiger partial charge on any atom is 0.119 e. The second-order valence-electron chi connectivity index (χ2n) is 6.23. The van der Waals surface area contributed by atoms with Gasteiger partial charge in [0.1, 0.15) is 5.75 Å². The van der Waals surface area contributed by atoms with Crippen molar-refractivity contribution in [3.8, 4) is 5.75 Å². The van der Waals surface area contributed by atoms with Gasteiger partial charge in [0.25, 0.3) is 0 Å². The summed E-state index contributed by atoms with van der Waals surface area (Å²) < 4.78 is 0. The minimum atomic E-state index is 0.463. The first-order chi connectivity index (χ1) is 9.28. The van der Waals surface area contributed by atoms with Crippen molar-refractivity contribution in [2.75, 3.05) is 0 Å². The van der Waals surface area contributed by atoms with Gasteiger partial charge in [-0.3, -0.25) is 0 Å². The molecule has 1 saturated carbocycles. The second kappa shape index (κ2) is 5.54. The third-order valence-corrected chi connectivity index (χ3v) is 5.11. The number of nitrogens with one attached hydrogen (secondary N) is 1. The van der Waals surface area contributed by atoms with Gasteiger partial charge in [0.05, 0.1) is 0 Å². The van der Waals surface area contributed by atoms with Crippen LogP contribution in [0.15, 0.2) is 18.2 Å². The van der Waals surface area contributed by atoms with Gasteiger partial charge >= 0.3 is 0 Å². The van der Waals surface area contributed by atoms with Crippen LogP contribution in [-0.4, -0.2) is 11.1 Å². The standard InChI is InChI=1S/C17H25NO/c1-2-12-6-8-13(9-7-12)18-16-11-10-15-14(16)4-3-5-17(15)19/h3-5,12-13,16,18-19H,2,6-11H2,1H3. The fourth-order valence-electron chi connectivity index (χ4n) is 3.83. The van der Waals surface area contributed by atoms with Crippen LogP contribution in [0.5, 0.6) is 5.75 Å². The molecule has 0 amide bonds. The molecule has 2 heteroatoms. The summed E-state index contributed by atoms with van der Waals surface area (Å²) in [6, 6.07) is 7.11. The number of phenolic OH excluding ortho intramolecular Hbond substituents is 1. The molecule has 1 unspecified atom stereocenters. The van der Waals surface area contributed by atoms with Crippen LogP contribution in [0.2, 0.25) is 0 Å². The van der Waals surface area contributed by atoms with Crippen LogP contribution in [0.4, 0.5) is 0 Å². The molecule has 2 nitrogen and oxygen atoms in total. The van der Waals surface area contributed by atoms with Crippen LogP contribution in [0, 0.1) is 5.92 Å². The summed E-state index contributed by atoms with van der Waals surface area (Å²) >= 11 is 0. The molecule has 2 aliphatic carbocycles. The lowest BCUT2D eigenvalue weighted by molar-refractivity contribution is 0.269. The van der Waals surface area contributed by atoms with Gasteiger partial charge < -0.3 is 10.4 Å². The lowest BCUT2D eigenvalue weighted by Gasteiger charge is -2.31. The third-order valence-electron chi connectivity index (χ3n) is 5.11. The maximum absolute atomic E-state index is 9.89. The number of benzene rings is 1. The number of aromatic hydroxyl groups is 1. The minimum absolute atomic E-state index is 0.463. The monoisotopic (exact) mass is 259 g/mol. The van der Waals surface area contributed by atoms with Crippen LogP contribution in [0.25, 0.3) is 0 Å². The molecule has 0 heterocycles. The normalized spacial score (nSPS) is 30.3. The highest BCUT2D eigenvalue weighted by atomic mass is 16.3. The highest BCUT2D eigenvalue weighted by molar-refractivity contribution is 5.44. The molecule has 2 aliphatic rings. The van der Waals surface area contributed by atoms with Gasteiger partial charge in [-0.1, -0.05) is 25.5 Å². The molecule has 3 rings (SSSR count). The molecule has 0 aromatic heterocycles. The van der Waals surface area contributed by atoms with Crippen molar-refractivity contribution in [1.29, 1.82) is 0 Å². The van der Waals surface area contributed by atoms with Crippen molar-refractivity contribution in [2.45, 2.75) is 64.0 Å². The quantitative estimate of drug-likeness (QED) is 0.861. The molecule has 0 aliphatic heterocycles. The van der Waals surface area contributed by atoms with Gasteiger partial charge in [-0.05, 0) is 61.6 Å². The van der Waals surface area contributed by atoms with Crippen molar-refractivity contribution in [3.63, 3.8) is 0 Å². The first-order valence-electron chi connectivity index (χ1n) is 7.84. The number of phenols is 1. The second-order valence-corrected chi connectivity index (χ2v) is 6.23. The van der Waals surface area contributed by atoms with Crippen molar-refractivity contribution in [2.24, 2.45) is 5.92 Å². The largest absolute Gasteiger partial charge is 0.508 e. The van der Waals surface area contributed by atoms with Gasteiger partial charge in [-0.15, -0.1) is 0 Å². The van der Waals surface area contributed by atoms with E-state index in [0.717, 1.165) is 18.8 Å². The highest BCUT2D eigenvalue weighted by Crippen LogP contribution is 2.37. The molecule has 0 saturated heterocycles. The van der Waals surface area contributed by atoms with Gasteiger partial charge in [-0.25, -0.2) is 0 Å². The Bertz CT molecular complexity index is 435. The summed E-state index contributed by atoms with van der Waals surface area (Å²) in [6.07, 6.45) is 8.91. The summed E-state index contributed by atoms with van der Waals surface area (Å²) in [6.45, 7) is 2.31. The average molecular weight is 259 g/mol. The van der Waals surface area contributed by atoms with E-state index in [1.165, 1.54) is 43.2 Å². The lowest BCUT2D eigenvalue weighted by atomic mass is 9.84. The van der Waals surface area contributed by atoms with E-state index in [9.17, 15) is 5.11 Å². The molecule has 1 aromatic carbocycles. The Morgan fingerprint density at radius 1 is 1.16 bits per heavy atom. The van der Waals surface area contributed by atoms with Gasteiger partial charge in [0.15, 0.2) is 0 Å². The summed E-state index contributed by atoms with van der Waals surface area (Å²) in [5.74, 6) is 1.44. The van der Waals surface area contributed by atoms with Gasteiger partial charge in [0, 0.05) is 12.1 Å². The number of hydrogen-bond donors (Lipinski definition) is 2. The Morgan fingerprint density at radius 2 is 1.95 bits per heavy atom. The molecule has 1 aromatic rings. The van der Waals surface area contributed by atoms with E-state index in [-0.39, 0.29) is 0 Å². The highest BCUT2D eigenvalue weighted by Gasteiger charge is 2.28. The van der Waals surface area contributed by atoms with Crippen LogP contribution >= 0.6 is 0 Å². The summed E-state index contributed by atoms with van der Waals surface area (Å²) in [4.78, 5) is 0. The van der Waals surface area contributed by atoms with Gasteiger partial charge in [0.2, 0.25) is 0 Å². The SMILES string of the molecule is CCC1CCC(NC2CCc3c(O)cccc32)CC1. The van der Waals surface area contributed by atoms with Crippen molar-refractivity contribution in [3.05, 3.63) is 29.3 Å². The van der Waals surface area contributed by atoms with Crippen LogP contribution in [0.1, 0.15) is 62.6 Å². The maximum atomic E-state index is 9.89. The fourth-order valence-corrected chi connectivity index (χ4v) is 3.83. The minimum Gasteiger partial charge on any atom is -0.508 e. The van der Waals surface area contributed by atoms with E-state index < -0.39 is 0 Å². The Morgan fingerprint density at radius 3 is 2.68 bits per heavy atom. The van der Waals surface area contributed by atoms with E-state index >= 15 is 0 Å². The molecule has 1 atom stereocenters. The zero-order valence-corrected chi connectivity index (χ0v) is 11.9.